The number of nitrogens with zero attached hydrogens (tertiary/aromatic N) is 1. The molecule has 0 unspecified atom stereocenters. The van der Waals surface area contributed by atoms with E-state index in [1.807, 2.05) is 19.9 Å². The topological polar surface area (TPSA) is 50.8 Å². The average molecular weight is 465 g/mol. The van der Waals surface area contributed by atoms with Gasteiger partial charge >= 0.3 is 0 Å². The second-order valence-electron chi connectivity index (χ2n) is 6.81. The molecule has 0 radical (unpaired) electrons. The number of carbonyl (C=O) groups is 1. The number of rotatable bonds is 8. The van der Waals surface area contributed by atoms with Gasteiger partial charge in [-0.2, -0.15) is 0 Å². The van der Waals surface area contributed by atoms with Crippen LogP contribution in [0, 0.1) is 5.82 Å². The summed E-state index contributed by atoms with van der Waals surface area (Å²) in [5.74, 6) is 0.492. The van der Waals surface area contributed by atoms with Crippen LogP contribution in [0.5, 0.6) is 11.5 Å². The summed E-state index contributed by atoms with van der Waals surface area (Å²) >= 11 is 3.50. The zero-order valence-corrected chi connectivity index (χ0v) is 18.4. The Bertz CT molecular complexity index is 869. The van der Waals surface area contributed by atoms with Crippen LogP contribution in [0.2, 0.25) is 0 Å². The largest absolute Gasteiger partial charge is 0.490 e. The van der Waals surface area contributed by atoms with Crippen molar-refractivity contribution in [3.63, 3.8) is 0 Å². The van der Waals surface area contributed by atoms with E-state index in [2.05, 4.69) is 26.1 Å². The third-order valence-electron chi connectivity index (χ3n) is 4.77. The van der Waals surface area contributed by atoms with Gasteiger partial charge in [-0.15, -0.1) is 0 Å². The van der Waals surface area contributed by atoms with Gasteiger partial charge in [0.1, 0.15) is 11.5 Å². The number of hydrogen-bond acceptors (Lipinski definition) is 4. The second kappa shape index (κ2) is 9.96. The highest BCUT2D eigenvalue weighted by Crippen LogP contribution is 2.35. The monoisotopic (exact) mass is 464 g/mol. The lowest BCUT2D eigenvalue weighted by atomic mass is 10.1. The standard InChI is InChI=1S/C22H26BrFN2O3/c1-3-28-19-12-15(16(23)14-20(19)29-4-2)13-21(27)25-22-17(24)8-7-9-18(22)26-10-5-6-11-26/h7-9,12,14H,3-6,10-11,13H2,1-2H3,(H,25,27). The van der Waals surface area contributed by atoms with Gasteiger partial charge in [0.15, 0.2) is 11.5 Å². The average Bonchev–Trinajstić information content (AvgIpc) is 3.22. The minimum Gasteiger partial charge on any atom is -0.490 e. The quantitative estimate of drug-likeness (QED) is 0.585. The Labute approximate surface area is 179 Å². The maximum Gasteiger partial charge on any atom is 0.228 e. The van der Waals surface area contributed by atoms with Gasteiger partial charge in [0.2, 0.25) is 5.91 Å². The van der Waals surface area contributed by atoms with Gasteiger partial charge in [-0.1, -0.05) is 22.0 Å². The van der Waals surface area contributed by atoms with Crippen LogP contribution in [0.15, 0.2) is 34.8 Å². The predicted molar refractivity (Wildman–Crippen MR) is 117 cm³/mol. The number of anilines is 2. The molecule has 29 heavy (non-hydrogen) atoms. The van der Waals surface area contributed by atoms with Crippen LogP contribution in [0.3, 0.4) is 0 Å². The molecule has 156 valence electrons. The van der Waals surface area contributed by atoms with Gasteiger partial charge in [0.05, 0.1) is 25.3 Å². The molecule has 1 amide bonds. The highest BCUT2D eigenvalue weighted by Gasteiger charge is 2.20. The normalized spacial score (nSPS) is 13.4. The number of hydrogen-bond donors (Lipinski definition) is 1. The zero-order valence-electron chi connectivity index (χ0n) is 16.8. The van der Waals surface area contributed by atoms with E-state index in [4.69, 9.17) is 9.47 Å². The van der Waals surface area contributed by atoms with E-state index in [9.17, 15) is 9.18 Å². The molecule has 0 bridgehead atoms. The molecule has 1 aliphatic heterocycles. The Kier molecular flexibility index (Phi) is 7.36. The van der Waals surface area contributed by atoms with Crippen LogP contribution in [0.25, 0.3) is 0 Å². The molecule has 0 saturated carbocycles. The van der Waals surface area contributed by atoms with Gasteiger partial charge in [0.25, 0.3) is 0 Å². The molecule has 1 fully saturated rings. The van der Waals surface area contributed by atoms with Crippen molar-refractivity contribution in [1.29, 1.82) is 0 Å². The van der Waals surface area contributed by atoms with Crippen molar-refractivity contribution < 1.29 is 18.7 Å². The summed E-state index contributed by atoms with van der Waals surface area (Å²) in [4.78, 5) is 14.9. The number of nitrogens with one attached hydrogen (secondary N) is 1. The molecule has 2 aromatic rings. The van der Waals surface area contributed by atoms with Crippen LogP contribution in [0.4, 0.5) is 15.8 Å². The molecule has 0 spiro atoms. The number of benzene rings is 2. The lowest BCUT2D eigenvalue weighted by molar-refractivity contribution is -0.115. The van der Waals surface area contributed by atoms with Crippen LogP contribution >= 0.6 is 15.9 Å². The Morgan fingerprint density at radius 3 is 2.45 bits per heavy atom. The van der Waals surface area contributed by atoms with Gasteiger partial charge in [0, 0.05) is 17.6 Å². The third-order valence-corrected chi connectivity index (χ3v) is 5.50. The van der Waals surface area contributed by atoms with Crippen molar-refractivity contribution in [2.24, 2.45) is 0 Å². The van der Waals surface area contributed by atoms with Gasteiger partial charge < -0.3 is 19.7 Å². The summed E-state index contributed by atoms with van der Waals surface area (Å²) in [6.45, 7) is 6.53. The van der Waals surface area contributed by atoms with E-state index in [1.54, 1.807) is 18.2 Å². The highest BCUT2D eigenvalue weighted by molar-refractivity contribution is 9.10. The van der Waals surface area contributed by atoms with Crippen molar-refractivity contribution in [3.05, 3.63) is 46.2 Å². The third kappa shape index (κ3) is 5.21. The Morgan fingerprint density at radius 1 is 1.14 bits per heavy atom. The first-order valence-electron chi connectivity index (χ1n) is 9.94. The van der Waals surface area contributed by atoms with E-state index >= 15 is 0 Å². The Balaban J connectivity index is 1.80. The number of carbonyl (C=O) groups excluding carboxylic acids is 1. The van der Waals surface area contributed by atoms with Crippen LogP contribution in [0.1, 0.15) is 32.3 Å². The van der Waals surface area contributed by atoms with E-state index in [0.717, 1.165) is 41.7 Å². The first kappa shape index (κ1) is 21.4. The van der Waals surface area contributed by atoms with Crippen molar-refractivity contribution >= 4 is 33.2 Å². The fraction of sp³-hybridized carbons (Fsp3) is 0.409. The molecule has 0 atom stereocenters. The molecule has 5 nitrogen and oxygen atoms in total. The minimum atomic E-state index is -0.427. The van der Waals surface area contributed by atoms with Gasteiger partial charge in [-0.25, -0.2) is 4.39 Å². The summed E-state index contributed by atoms with van der Waals surface area (Å²) in [5.41, 5.74) is 1.72. The van der Waals surface area contributed by atoms with Gasteiger partial charge in [-0.3, -0.25) is 4.79 Å². The molecule has 1 N–H and O–H groups in total. The highest BCUT2D eigenvalue weighted by atomic mass is 79.9. The molecule has 0 aromatic heterocycles. The molecular weight excluding hydrogens is 439 g/mol. The molecular formula is C22H26BrFN2O3. The van der Waals surface area contributed by atoms with Crippen molar-refractivity contribution in [2.45, 2.75) is 33.1 Å². The second-order valence-corrected chi connectivity index (χ2v) is 7.66. The molecule has 1 aliphatic rings. The number of ether oxygens (including phenoxy) is 2. The molecule has 2 aromatic carbocycles. The number of halogens is 2. The number of amides is 1. The first-order valence-corrected chi connectivity index (χ1v) is 10.7. The minimum absolute atomic E-state index is 0.0842. The van der Waals surface area contributed by atoms with Gasteiger partial charge in [-0.05, 0) is 56.5 Å². The molecule has 1 heterocycles. The van der Waals surface area contributed by atoms with E-state index in [0.29, 0.717) is 24.7 Å². The number of para-hydroxylation sites is 1. The predicted octanol–water partition coefficient (Wildman–Crippen LogP) is 5.17. The fourth-order valence-corrected chi connectivity index (χ4v) is 3.93. The van der Waals surface area contributed by atoms with Crippen molar-refractivity contribution in [3.8, 4) is 11.5 Å². The zero-order chi connectivity index (χ0) is 20.8. The van der Waals surface area contributed by atoms with E-state index in [1.165, 1.54) is 6.07 Å². The molecule has 1 saturated heterocycles. The van der Waals surface area contributed by atoms with Crippen molar-refractivity contribution in [1.82, 2.24) is 0 Å². The Morgan fingerprint density at radius 2 is 1.79 bits per heavy atom. The van der Waals surface area contributed by atoms with Crippen molar-refractivity contribution in [2.75, 3.05) is 36.5 Å². The first-order chi connectivity index (χ1) is 14.0. The smallest absolute Gasteiger partial charge is 0.228 e. The maximum absolute atomic E-state index is 14.5. The van der Waals surface area contributed by atoms with Crippen LogP contribution in [-0.2, 0) is 11.2 Å². The fourth-order valence-electron chi connectivity index (χ4n) is 3.46. The van der Waals surface area contributed by atoms with E-state index in [-0.39, 0.29) is 18.0 Å². The summed E-state index contributed by atoms with van der Waals surface area (Å²) < 4.78 is 26.5. The van der Waals surface area contributed by atoms with Crippen LogP contribution < -0.4 is 19.7 Å². The van der Waals surface area contributed by atoms with Crippen LogP contribution in [-0.4, -0.2) is 32.2 Å². The molecule has 3 rings (SSSR count). The summed E-state index contributed by atoms with van der Waals surface area (Å²) in [6, 6.07) is 8.49. The molecule has 0 aliphatic carbocycles. The summed E-state index contributed by atoms with van der Waals surface area (Å²) in [6.07, 6.45) is 2.23. The lowest BCUT2D eigenvalue weighted by Gasteiger charge is -2.22. The Hall–Kier alpha value is -2.28. The SMILES string of the molecule is CCOc1cc(Br)c(CC(=O)Nc2c(F)cccc2N2CCCC2)cc1OCC. The summed E-state index contributed by atoms with van der Waals surface area (Å²) in [7, 11) is 0. The summed E-state index contributed by atoms with van der Waals surface area (Å²) in [5, 5.41) is 2.77. The maximum atomic E-state index is 14.5. The lowest BCUT2D eigenvalue weighted by Crippen LogP contribution is -2.22. The molecule has 7 heteroatoms. The van der Waals surface area contributed by atoms with E-state index < -0.39 is 5.82 Å².